The predicted octanol–water partition coefficient (Wildman–Crippen LogP) is 3.10. The van der Waals surface area contributed by atoms with Crippen molar-refractivity contribution in [1.82, 2.24) is 19.9 Å². The first-order valence-corrected chi connectivity index (χ1v) is 9.38. The van der Waals surface area contributed by atoms with Crippen molar-refractivity contribution in [2.24, 2.45) is 0 Å². The van der Waals surface area contributed by atoms with Crippen LogP contribution in [-0.4, -0.2) is 20.4 Å². The monoisotopic (exact) mass is 356 g/mol. The number of hydrogen-bond acceptors (Lipinski definition) is 5. The maximum Gasteiger partial charge on any atom is 0.226 e. The van der Waals surface area contributed by atoms with Gasteiger partial charge in [0.05, 0.1) is 24.4 Å². The number of hydrogen-bond donors (Lipinski definition) is 1. The predicted molar refractivity (Wildman–Crippen MR) is 95.3 cm³/mol. The van der Waals surface area contributed by atoms with Gasteiger partial charge in [-0.3, -0.25) is 4.79 Å². The zero-order chi connectivity index (χ0) is 17.2. The second-order valence-corrected chi connectivity index (χ2v) is 7.16. The molecule has 0 bridgehead atoms. The van der Waals surface area contributed by atoms with Gasteiger partial charge in [-0.05, 0) is 31.9 Å². The van der Waals surface area contributed by atoms with Crippen LogP contribution in [0, 0.1) is 6.92 Å². The van der Waals surface area contributed by atoms with Gasteiger partial charge in [-0.1, -0.05) is 0 Å². The molecule has 0 saturated carbocycles. The number of aromatic nitrogens is 3. The van der Waals surface area contributed by atoms with Gasteiger partial charge in [0.2, 0.25) is 5.91 Å². The molecule has 1 aliphatic rings. The van der Waals surface area contributed by atoms with E-state index in [-0.39, 0.29) is 12.3 Å². The van der Waals surface area contributed by atoms with Gasteiger partial charge in [0.15, 0.2) is 10.8 Å². The molecule has 1 aliphatic heterocycles. The zero-order valence-corrected chi connectivity index (χ0v) is 14.9. The van der Waals surface area contributed by atoms with E-state index in [1.807, 2.05) is 24.4 Å². The van der Waals surface area contributed by atoms with Crippen LogP contribution < -0.4 is 5.32 Å². The Bertz CT molecular complexity index is 869. The lowest BCUT2D eigenvalue weighted by molar-refractivity contribution is -0.120. The Morgan fingerprint density at radius 3 is 3.04 bits per heavy atom. The number of nitrogens with one attached hydrogen (secondary N) is 1. The molecule has 0 saturated heterocycles. The fraction of sp³-hybridized carbons (Fsp3) is 0.389. The Morgan fingerprint density at radius 1 is 1.32 bits per heavy atom. The summed E-state index contributed by atoms with van der Waals surface area (Å²) in [5, 5.41) is 5.64. The Kier molecular flexibility index (Phi) is 4.40. The molecule has 130 valence electrons. The molecule has 3 aromatic heterocycles. The summed E-state index contributed by atoms with van der Waals surface area (Å²) in [6, 6.07) is 3.81. The highest BCUT2D eigenvalue weighted by Crippen LogP contribution is 2.25. The molecule has 4 heterocycles. The number of rotatable bonds is 5. The van der Waals surface area contributed by atoms with Crippen LogP contribution in [0.3, 0.4) is 0 Å². The average Bonchev–Trinajstić information content (AvgIpc) is 3.31. The van der Waals surface area contributed by atoms with Crippen molar-refractivity contribution >= 4 is 17.2 Å². The molecular weight excluding hydrogens is 336 g/mol. The lowest BCUT2D eigenvalue weighted by Crippen LogP contribution is -2.24. The lowest BCUT2D eigenvalue weighted by atomic mass is 10.2. The summed E-state index contributed by atoms with van der Waals surface area (Å²) in [4.78, 5) is 21.3. The summed E-state index contributed by atoms with van der Waals surface area (Å²) in [5.41, 5.74) is 1.69. The second kappa shape index (κ2) is 6.84. The fourth-order valence-corrected chi connectivity index (χ4v) is 3.80. The number of carbonyl (C=O) groups is 1. The summed E-state index contributed by atoms with van der Waals surface area (Å²) in [5.74, 6) is 2.69. The molecule has 3 aromatic rings. The van der Waals surface area contributed by atoms with Gasteiger partial charge in [0.1, 0.15) is 11.6 Å². The third kappa shape index (κ3) is 3.66. The number of aryl methyl sites for hydroxylation is 3. The van der Waals surface area contributed by atoms with Crippen LogP contribution >= 0.6 is 11.3 Å². The number of thiazole rings is 1. The van der Waals surface area contributed by atoms with Crippen molar-refractivity contribution in [2.45, 2.75) is 45.7 Å². The third-order valence-corrected chi connectivity index (χ3v) is 5.18. The van der Waals surface area contributed by atoms with E-state index in [1.165, 1.54) is 24.2 Å². The van der Waals surface area contributed by atoms with Crippen molar-refractivity contribution in [2.75, 3.05) is 0 Å². The normalized spacial score (nSPS) is 13.6. The van der Waals surface area contributed by atoms with E-state index < -0.39 is 0 Å². The minimum absolute atomic E-state index is 0.0431. The first-order chi connectivity index (χ1) is 12.2. The molecule has 6 nitrogen and oxygen atoms in total. The molecule has 1 amide bonds. The van der Waals surface area contributed by atoms with Crippen molar-refractivity contribution in [1.29, 1.82) is 0 Å². The number of furan rings is 1. The van der Waals surface area contributed by atoms with Gasteiger partial charge in [-0.2, -0.15) is 0 Å². The molecule has 0 spiro atoms. The fourth-order valence-electron chi connectivity index (χ4n) is 3.02. The smallest absolute Gasteiger partial charge is 0.226 e. The Morgan fingerprint density at radius 2 is 2.24 bits per heavy atom. The van der Waals surface area contributed by atoms with Crippen LogP contribution in [0.25, 0.3) is 10.8 Å². The summed E-state index contributed by atoms with van der Waals surface area (Å²) < 4.78 is 7.77. The van der Waals surface area contributed by atoms with Gasteiger partial charge < -0.3 is 14.3 Å². The second-order valence-electron chi connectivity index (χ2n) is 6.31. The van der Waals surface area contributed by atoms with E-state index >= 15 is 0 Å². The largest absolute Gasteiger partial charge is 0.459 e. The van der Waals surface area contributed by atoms with Crippen LogP contribution in [0.5, 0.6) is 0 Å². The quantitative estimate of drug-likeness (QED) is 0.762. The molecule has 0 aliphatic carbocycles. The molecule has 1 N–H and O–H groups in total. The van der Waals surface area contributed by atoms with Crippen LogP contribution in [0.4, 0.5) is 0 Å². The highest BCUT2D eigenvalue weighted by atomic mass is 32.1. The standard InChI is InChI=1S/C18H20N4O2S/c1-12-5-6-15(24-12)18-21-13(11-25-18)8-17(23)19-9-14-10-22-7-3-2-4-16(22)20-14/h5-6,10-11H,2-4,7-9H2,1H3,(H,19,23). The Labute approximate surface area is 149 Å². The highest BCUT2D eigenvalue weighted by Gasteiger charge is 2.14. The van der Waals surface area contributed by atoms with Gasteiger partial charge >= 0.3 is 0 Å². The molecule has 4 rings (SSSR count). The molecule has 25 heavy (non-hydrogen) atoms. The summed E-state index contributed by atoms with van der Waals surface area (Å²) in [6.45, 7) is 3.40. The Hall–Kier alpha value is -2.41. The Balaban J connectivity index is 1.33. The third-order valence-electron chi connectivity index (χ3n) is 4.27. The SMILES string of the molecule is Cc1ccc(-c2nc(CC(=O)NCc3cn4c(n3)CCCC4)cs2)o1. The number of fused-ring (bicyclic) bond motifs is 1. The molecule has 0 fully saturated rings. The number of amides is 1. The summed E-state index contributed by atoms with van der Waals surface area (Å²) in [6.07, 6.45) is 5.75. The van der Waals surface area contributed by atoms with Gasteiger partial charge in [-0.25, -0.2) is 9.97 Å². The maximum absolute atomic E-state index is 12.2. The average molecular weight is 356 g/mol. The van der Waals surface area contributed by atoms with Crippen LogP contribution in [0.1, 0.15) is 35.8 Å². The lowest BCUT2D eigenvalue weighted by Gasteiger charge is -2.11. The number of imidazole rings is 1. The molecular formula is C18H20N4O2S. The van der Waals surface area contributed by atoms with E-state index in [0.717, 1.165) is 46.7 Å². The van der Waals surface area contributed by atoms with Crippen LogP contribution in [0.2, 0.25) is 0 Å². The van der Waals surface area contributed by atoms with Crippen molar-refractivity contribution in [3.63, 3.8) is 0 Å². The molecule has 7 heteroatoms. The first kappa shape index (κ1) is 16.1. The van der Waals surface area contributed by atoms with E-state index in [2.05, 4.69) is 26.0 Å². The maximum atomic E-state index is 12.2. The number of nitrogens with zero attached hydrogens (tertiary/aromatic N) is 3. The van der Waals surface area contributed by atoms with E-state index in [4.69, 9.17) is 4.42 Å². The summed E-state index contributed by atoms with van der Waals surface area (Å²) in [7, 11) is 0. The van der Waals surface area contributed by atoms with Crippen LogP contribution in [0.15, 0.2) is 28.1 Å². The number of carbonyl (C=O) groups excluding carboxylic acids is 1. The van der Waals surface area contributed by atoms with Crippen molar-refractivity contribution in [3.05, 3.63) is 46.7 Å². The van der Waals surface area contributed by atoms with Crippen LogP contribution in [-0.2, 0) is 30.7 Å². The molecule has 0 radical (unpaired) electrons. The minimum Gasteiger partial charge on any atom is -0.459 e. The summed E-state index contributed by atoms with van der Waals surface area (Å²) >= 11 is 1.49. The molecule has 0 aromatic carbocycles. The minimum atomic E-state index is -0.0431. The van der Waals surface area contributed by atoms with E-state index in [1.54, 1.807) is 0 Å². The molecule has 0 unspecified atom stereocenters. The molecule has 0 atom stereocenters. The van der Waals surface area contributed by atoms with E-state index in [9.17, 15) is 4.79 Å². The van der Waals surface area contributed by atoms with Crippen molar-refractivity contribution < 1.29 is 9.21 Å². The first-order valence-electron chi connectivity index (χ1n) is 8.50. The van der Waals surface area contributed by atoms with Gasteiger partial charge in [0, 0.05) is 24.5 Å². The zero-order valence-electron chi connectivity index (χ0n) is 14.1. The highest BCUT2D eigenvalue weighted by molar-refractivity contribution is 7.13. The van der Waals surface area contributed by atoms with E-state index in [0.29, 0.717) is 6.54 Å². The van der Waals surface area contributed by atoms with Gasteiger partial charge in [-0.15, -0.1) is 11.3 Å². The topological polar surface area (TPSA) is 73.0 Å². The van der Waals surface area contributed by atoms with Gasteiger partial charge in [0.25, 0.3) is 0 Å². The van der Waals surface area contributed by atoms with Crippen molar-refractivity contribution in [3.8, 4) is 10.8 Å².